The van der Waals surface area contributed by atoms with E-state index in [4.69, 9.17) is 4.42 Å². The van der Waals surface area contributed by atoms with E-state index in [1.165, 1.54) is 15.3 Å². The Bertz CT molecular complexity index is 419. The molecule has 2 rings (SSSR count). The van der Waals surface area contributed by atoms with Gasteiger partial charge in [-0.15, -0.1) is 23.1 Å². The van der Waals surface area contributed by atoms with Crippen molar-refractivity contribution in [2.24, 2.45) is 0 Å². The van der Waals surface area contributed by atoms with Gasteiger partial charge in [0.2, 0.25) is 0 Å². The van der Waals surface area contributed by atoms with Gasteiger partial charge in [0.05, 0.1) is 6.26 Å². The van der Waals surface area contributed by atoms with Gasteiger partial charge >= 0.3 is 0 Å². The lowest BCUT2D eigenvalue weighted by Crippen LogP contribution is -2.16. The van der Waals surface area contributed by atoms with Crippen molar-refractivity contribution in [1.29, 1.82) is 0 Å². The van der Waals surface area contributed by atoms with Gasteiger partial charge in [-0.05, 0) is 36.9 Å². The summed E-state index contributed by atoms with van der Waals surface area (Å²) >= 11 is 3.67. The van der Waals surface area contributed by atoms with Crippen molar-refractivity contribution in [3.8, 4) is 0 Å². The van der Waals surface area contributed by atoms with Gasteiger partial charge in [0.15, 0.2) is 0 Å². The standard InChI is InChI=1S/C13H17NOS2/c1-10-4-7-16-13(10)9-14-5-8-17-12-3-6-15-11(12)2/h3-4,6-7,14H,5,8-9H2,1-2H3. The number of thiophene rings is 1. The van der Waals surface area contributed by atoms with Crippen LogP contribution in [0.5, 0.6) is 0 Å². The number of rotatable bonds is 6. The van der Waals surface area contributed by atoms with Gasteiger partial charge in [0.1, 0.15) is 5.76 Å². The van der Waals surface area contributed by atoms with E-state index in [2.05, 4.69) is 23.7 Å². The van der Waals surface area contributed by atoms with Gasteiger partial charge in [-0.25, -0.2) is 0 Å². The zero-order chi connectivity index (χ0) is 12.1. The molecular weight excluding hydrogens is 250 g/mol. The highest BCUT2D eigenvalue weighted by molar-refractivity contribution is 7.99. The van der Waals surface area contributed by atoms with Crippen LogP contribution in [0, 0.1) is 13.8 Å². The summed E-state index contributed by atoms with van der Waals surface area (Å²) in [4.78, 5) is 2.69. The van der Waals surface area contributed by atoms with Crippen molar-refractivity contribution in [3.05, 3.63) is 40.0 Å². The number of thioether (sulfide) groups is 1. The Hall–Kier alpha value is -0.710. The Morgan fingerprint density at radius 3 is 2.88 bits per heavy atom. The Labute approximate surface area is 110 Å². The molecule has 0 fully saturated rings. The summed E-state index contributed by atoms with van der Waals surface area (Å²) in [7, 11) is 0. The predicted molar refractivity (Wildman–Crippen MR) is 74.9 cm³/mol. The fourth-order valence-corrected chi connectivity index (χ4v) is 3.29. The lowest BCUT2D eigenvalue weighted by molar-refractivity contribution is 0.527. The molecule has 2 nitrogen and oxygen atoms in total. The molecule has 17 heavy (non-hydrogen) atoms. The summed E-state index contributed by atoms with van der Waals surface area (Å²) in [5, 5.41) is 5.62. The molecular formula is C13H17NOS2. The third-order valence-electron chi connectivity index (χ3n) is 2.60. The molecule has 0 radical (unpaired) electrons. The molecule has 2 aromatic rings. The fourth-order valence-electron chi connectivity index (χ4n) is 1.54. The van der Waals surface area contributed by atoms with Gasteiger partial charge in [0, 0.05) is 28.6 Å². The summed E-state index contributed by atoms with van der Waals surface area (Å²) in [6.45, 7) is 6.17. The van der Waals surface area contributed by atoms with Crippen LogP contribution in [0.4, 0.5) is 0 Å². The van der Waals surface area contributed by atoms with Crippen molar-refractivity contribution in [3.63, 3.8) is 0 Å². The van der Waals surface area contributed by atoms with Crippen LogP contribution in [0.15, 0.2) is 33.1 Å². The van der Waals surface area contributed by atoms with Crippen molar-refractivity contribution in [2.45, 2.75) is 25.3 Å². The minimum Gasteiger partial charge on any atom is -0.468 e. The van der Waals surface area contributed by atoms with Crippen LogP contribution >= 0.6 is 23.1 Å². The highest BCUT2D eigenvalue weighted by atomic mass is 32.2. The number of nitrogens with one attached hydrogen (secondary N) is 1. The lowest BCUT2D eigenvalue weighted by atomic mass is 10.3. The van der Waals surface area contributed by atoms with Crippen molar-refractivity contribution in [2.75, 3.05) is 12.3 Å². The molecule has 0 bridgehead atoms. The Balaban J connectivity index is 1.64. The molecule has 0 amide bonds. The molecule has 0 aliphatic carbocycles. The molecule has 0 saturated carbocycles. The van der Waals surface area contributed by atoms with Crippen LogP contribution in [0.25, 0.3) is 0 Å². The van der Waals surface area contributed by atoms with E-state index in [-0.39, 0.29) is 0 Å². The van der Waals surface area contributed by atoms with Crippen molar-refractivity contribution in [1.82, 2.24) is 5.32 Å². The smallest absolute Gasteiger partial charge is 0.114 e. The van der Waals surface area contributed by atoms with Gasteiger partial charge in [0.25, 0.3) is 0 Å². The summed E-state index contributed by atoms with van der Waals surface area (Å²) in [6.07, 6.45) is 1.75. The first-order chi connectivity index (χ1) is 8.27. The zero-order valence-corrected chi connectivity index (χ0v) is 11.8. The van der Waals surface area contributed by atoms with E-state index in [0.29, 0.717) is 0 Å². The van der Waals surface area contributed by atoms with E-state index >= 15 is 0 Å². The summed E-state index contributed by atoms with van der Waals surface area (Å²) < 4.78 is 5.26. The molecule has 0 saturated heterocycles. The predicted octanol–water partition coefficient (Wildman–Crippen LogP) is 3.84. The maximum absolute atomic E-state index is 5.26. The molecule has 4 heteroatoms. The summed E-state index contributed by atoms with van der Waals surface area (Å²) in [5.41, 5.74) is 1.39. The van der Waals surface area contributed by atoms with Crippen molar-refractivity contribution < 1.29 is 4.42 Å². The zero-order valence-electron chi connectivity index (χ0n) is 10.2. The summed E-state index contributed by atoms with van der Waals surface area (Å²) in [5.74, 6) is 2.09. The molecule has 0 aliphatic rings. The second-order valence-electron chi connectivity index (χ2n) is 3.89. The first-order valence-electron chi connectivity index (χ1n) is 5.68. The van der Waals surface area contributed by atoms with Crippen LogP contribution in [0.2, 0.25) is 0 Å². The monoisotopic (exact) mass is 267 g/mol. The number of hydrogen-bond acceptors (Lipinski definition) is 4. The maximum atomic E-state index is 5.26. The quantitative estimate of drug-likeness (QED) is 0.636. The van der Waals surface area contributed by atoms with E-state index in [9.17, 15) is 0 Å². The first kappa shape index (κ1) is 12.7. The van der Waals surface area contributed by atoms with Crippen LogP contribution < -0.4 is 5.32 Å². The molecule has 92 valence electrons. The molecule has 2 heterocycles. The van der Waals surface area contributed by atoms with E-state index in [1.54, 1.807) is 6.26 Å². The second-order valence-corrected chi connectivity index (χ2v) is 6.03. The van der Waals surface area contributed by atoms with Crippen LogP contribution in [-0.2, 0) is 6.54 Å². The topological polar surface area (TPSA) is 25.2 Å². The van der Waals surface area contributed by atoms with Crippen molar-refractivity contribution >= 4 is 23.1 Å². The van der Waals surface area contributed by atoms with Crippen LogP contribution in [0.1, 0.15) is 16.2 Å². The molecule has 0 atom stereocenters. The van der Waals surface area contributed by atoms with Crippen LogP contribution in [0.3, 0.4) is 0 Å². The Morgan fingerprint density at radius 2 is 2.24 bits per heavy atom. The Morgan fingerprint density at radius 1 is 1.35 bits per heavy atom. The van der Waals surface area contributed by atoms with Gasteiger partial charge in [-0.2, -0.15) is 0 Å². The molecule has 2 aromatic heterocycles. The number of furan rings is 1. The van der Waals surface area contributed by atoms with E-state index < -0.39 is 0 Å². The minimum atomic E-state index is 0.981. The fraction of sp³-hybridized carbons (Fsp3) is 0.385. The number of hydrogen-bond donors (Lipinski definition) is 1. The van der Waals surface area contributed by atoms with Gasteiger partial charge in [-0.1, -0.05) is 0 Å². The highest BCUT2D eigenvalue weighted by Crippen LogP contribution is 2.22. The first-order valence-corrected chi connectivity index (χ1v) is 7.54. The third kappa shape index (κ3) is 3.63. The molecule has 0 aliphatic heterocycles. The molecule has 1 N–H and O–H groups in total. The molecule has 0 spiro atoms. The minimum absolute atomic E-state index is 0.981. The largest absolute Gasteiger partial charge is 0.468 e. The Kier molecular flexibility index (Phi) is 4.71. The third-order valence-corrected chi connectivity index (χ3v) is 4.77. The number of aryl methyl sites for hydroxylation is 2. The van der Waals surface area contributed by atoms with Gasteiger partial charge < -0.3 is 9.73 Å². The molecule has 0 aromatic carbocycles. The normalized spacial score (nSPS) is 10.9. The average molecular weight is 267 g/mol. The van der Waals surface area contributed by atoms with Gasteiger partial charge in [-0.3, -0.25) is 0 Å². The second kappa shape index (κ2) is 6.28. The lowest BCUT2D eigenvalue weighted by Gasteiger charge is -2.03. The average Bonchev–Trinajstić information content (AvgIpc) is 2.89. The highest BCUT2D eigenvalue weighted by Gasteiger charge is 2.02. The van der Waals surface area contributed by atoms with Crippen LogP contribution in [-0.4, -0.2) is 12.3 Å². The van der Waals surface area contributed by atoms with E-state index in [1.807, 2.05) is 36.1 Å². The van der Waals surface area contributed by atoms with E-state index in [0.717, 1.165) is 24.6 Å². The summed E-state index contributed by atoms with van der Waals surface area (Å²) in [6, 6.07) is 4.20. The maximum Gasteiger partial charge on any atom is 0.114 e. The molecule has 0 unspecified atom stereocenters. The SMILES string of the molecule is Cc1ccsc1CNCCSc1ccoc1C.